The molecule has 40 heavy (non-hydrogen) atoms. The number of allylic oxidation sites excluding steroid dienone is 1. The number of carbonyl (C=O) groups is 1. The molecule has 2 aliphatic heterocycles. The number of carbonyl (C=O) groups excluding carboxylic acids is 1. The molecule has 1 fully saturated rings. The third kappa shape index (κ3) is 5.28. The highest BCUT2D eigenvalue weighted by Gasteiger charge is 2.34. The maximum absolute atomic E-state index is 15.2. The second kappa shape index (κ2) is 11.3. The van der Waals surface area contributed by atoms with Gasteiger partial charge in [-0.3, -0.25) is 9.69 Å². The average Bonchev–Trinajstić information content (AvgIpc) is 3.40. The van der Waals surface area contributed by atoms with E-state index >= 15 is 4.39 Å². The Labute approximate surface area is 233 Å². The standard InChI is InChI=1S/C32H34F2N2O4/c1-18-13-14-36(16-18)19(2)17-39-23-8-5-21(6-9-23)31-28(24-10-7-22(33)15-25(24)32(38)35-4)20(3)29-27(40-31)12-11-26(37)30(29)34/h5-12,15,18-19,31,37H,13-14,16-17H2,1-4H3,(H,35,38)/t18-,19+,31?/m1/s1. The molecule has 2 N–H and O–H groups in total. The molecule has 2 heterocycles. The molecule has 0 radical (unpaired) electrons. The summed E-state index contributed by atoms with van der Waals surface area (Å²) < 4.78 is 41.8. The van der Waals surface area contributed by atoms with Gasteiger partial charge in [0.15, 0.2) is 11.6 Å². The van der Waals surface area contributed by atoms with E-state index in [-0.39, 0.29) is 16.9 Å². The number of hydrogen-bond acceptors (Lipinski definition) is 5. The number of phenolic OH excluding ortho intramolecular Hbond substituents is 1. The number of rotatable bonds is 7. The summed E-state index contributed by atoms with van der Waals surface area (Å²) >= 11 is 0. The van der Waals surface area contributed by atoms with Crippen LogP contribution in [0, 0.1) is 17.6 Å². The minimum Gasteiger partial charge on any atom is -0.505 e. The predicted octanol–water partition coefficient (Wildman–Crippen LogP) is 6.20. The molecule has 0 bridgehead atoms. The van der Waals surface area contributed by atoms with Crippen LogP contribution < -0.4 is 14.8 Å². The highest BCUT2D eigenvalue weighted by Crippen LogP contribution is 2.49. The van der Waals surface area contributed by atoms with Crippen LogP contribution in [0.25, 0.3) is 11.1 Å². The van der Waals surface area contributed by atoms with Crippen LogP contribution in [0.5, 0.6) is 17.2 Å². The average molecular weight is 549 g/mol. The molecule has 3 atom stereocenters. The molecule has 5 rings (SSSR count). The molecule has 1 unspecified atom stereocenters. The zero-order chi connectivity index (χ0) is 28.6. The molecule has 0 spiro atoms. The first kappa shape index (κ1) is 27.6. The lowest BCUT2D eigenvalue weighted by Gasteiger charge is -2.32. The molecular weight excluding hydrogens is 514 g/mol. The Morgan fingerprint density at radius 1 is 1.18 bits per heavy atom. The van der Waals surface area contributed by atoms with Crippen LogP contribution in [0.2, 0.25) is 0 Å². The summed E-state index contributed by atoms with van der Waals surface area (Å²) in [5, 5.41) is 12.6. The summed E-state index contributed by atoms with van der Waals surface area (Å²) in [5.41, 5.74) is 2.33. The van der Waals surface area contributed by atoms with Gasteiger partial charge in [0.05, 0.1) is 5.56 Å². The van der Waals surface area contributed by atoms with Crippen molar-refractivity contribution in [2.24, 2.45) is 5.92 Å². The molecule has 0 aliphatic carbocycles. The van der Waals surface area contributed by atoms with Crippen molar-refractivity contribution in [2.75, 3.05) is 26.7 Å². The number of likely N-dealkylation sites (tertiary alicyclic amines) is 1. The number of phenols is 1. The number of halogens is 2. The number of aromatic hydroxyl groups is 1. The van der Waals surface area contributed by atoms with Crippen LogP contribution in [0.4, 0.5) is 8.78 Å². The molecular formula is C32H34F2N2O4. The lowest BCUT2D eigenvalue weighted by Crippen LogP contribution is -2.35. The molecule has 1 amide bonds. The first-order valence-electron chi connectivity index (χ1n) is 13.6. The fraction of sp³-hybridized carbons (Fsp3) is 0.344. The molecule has 2 aliphatic rings. The third-order valence-electron chi connectivity index (χ3n) is 7.87. The maximum Gasteiger partial charge on any atom is 0.251 e. The Kier molecular flexibility index (Phi) is 7.81. The number of nitrogens with zero attached hydrogens (tertiary/aromatic N) is 1. The normalized spacial score (nSPS) is 19.6. The van der Waals surface area contributed by atoms with Crippen LogP contribution in [0.15, 0.2) is 54.6 Å². The maximum atomic E-state index is 15.2. The van der Waals surface area contributed by atoms with Gasteiger partial charge in [0.25, 0.3) is 5.91 Å². The molecule has 0 aromatic heterocycles. The second-order valence-corrected chi connectivity index (χ2v) is 10.7. The largest absolute Gasteiger partial charge is 0.505 e. The predicted molar refractivity (Wildman–Crippen MR) is 150 cm³/mol. The topological polar surface area (TPSA) is 71.0 Å². The summed E-state index contributed by atoms with van der Waals surface area (Å²) in [5.74, 6) is -0.706. The van der Waals surface area contributed by atoms with Gasteiger partial charge in [0.2, 0.25) is 0 Å². The van der Waals surface area contributed by atoms with Crippen molar-refractivity contribution in [3.63, 3.8) is 0 Å². The van der Waals surface area contributed by atoms with E-state index in [1.165, 1.54) is 37.7 Å². The Morgan fingerprint density at radius 3 is 2.60 bits per heavy atom. The first-order chi connectivity index (χ1) is 19.2. The minimum absolute atomic E-state index is 0.0969. The van der Waals surface area contributed by atoms with Crippen LogP contribution >= 0.6 is 0 Å². The number of benzene rings is 3. The van der Waals surface area contributed by atoms with E-state index < -0.39 is 29.4 Å². The smallest absolute Gasteiger partial charge is 0.251 e. The van der Waals surface area contributed by atoms with E-state index in [1.807, 2.05) is 24.3 Å². The van der Waals surface area contributed by atoms with Crippen LogP contribution in [0.3, 0.4) is 0 Å². The quantitative estimate of drug-likeness (QED) is 0.368. The van der Waals surface area contributed by atoms with Crippen molar-refractivity contribution in [2.45, 2.75) is 39.3 Å². The number of hydrogen-bond donors (Lipinski definition) is 2. The second-order valence-electron chi connectivity index (χ2n) is 10.7. The van der Waals surface area contributed by atoms with Gasteiger partial charge in [-0.1, -0.05) is 25.1 Å². The van der Waals surface area contributed by atoms with E-state index in [0.717, 1.165) is 24.7 Å². The molecule has 6 nitrogen and oxygen atoms in total. The number of fused-ring (bicyclic) bond motifs is 1. The Balaban J connectivity index is 1.51. The summed E-state index contributed by atoms with van der Waals surface area (Å²) in [6.45, 7) is 8.88. The molecule has 1 saturated heterocycles. The van der Waals surface area contributed by atoms with Gasteiger partial charge in [-0.25, -0.2) is 8.78 Å². The highest BCUT2D eigenvalue weighted by molar-refractivity contribution is 6.04. The van der Waals surface area contributed by atoms with Crippen molar-refractivity contribution in [1.29, 1.82) is 0 Å². The number of ether oxygens (including phenoxy) is 2. The molecule has 210 valence electrons. The van der Waals surface area contributed by atoms with E-state index in [4.69, 9.17) is 9.47 Å². The summed E-state index contributed by atoms with van der Waals surface area (Å²) in [4.78, 5) is 15.2. The molecule has 0 saturated carbocycles. The summed E-state index contributed by atoms with van der Waals surface area (Å²) in [6, 6.07) is 14.4. The van der Waals surface area contributed by atoms with Crippen LogP contribution in [-0.2, 0) is 0 Å². The van der Waals surface area contributed by atoms with Crippen molar-refractivity contribution in [3.8, 4) is 17.2 Å². The minimum atomic E-state index is -0.820. The Morgan fingerprint density at radius 2 is 1.93 bits per heavy atom. The van der Waals surface area contributed by atoms with E-state index in [1.54, 1.807) is 6.92 Å². The zero-order valence-corrected chi connectivity index (χ0v) is 23.1. The third-order valence-corrected chi connectivity index (χ3v) is 7.87. The fourth-order valence-corrected chi connectivity index (χ4v) is 5.59. The Bertz CT molecular complexity index is 1450. The summed E-state index contributed by atoms with van der Waals surface area (Å²) in [7, 11) is 1.46. The van der Waals surface area contributed by atoms with Crippen molar-refractivity contribution in [1.82, 2.24) is 10.2 Å². The van der Waals surface area contributed by atoms with Gasteiger partial charge in [-0.15, -0.1) is 0 Å². The van der Waals surface area contributed by atoms with Crippen molar-refractivity contribution >= 4 is 17.1 Å². The summed E-state index contributed by atoms with van der Waals surface area (Å²) in [6.07, 6.45) is 0.474. The van der Waals surface area contributed by atoms with Gasteiger partial charge in [-0.05, 0) is 85.8 Å². The molecule has 8 heteroatoms. The SMILES string of the molecule is CNC(=O)c1cc(F)ccc1C1=C(C)c2c(ccc(O)c2F)OC1c1ccc(OC[C@H](C)N2CC[C@@H](C)C2)cc1. The van der Waals surface area contributed by atoms with Crippen molar-refractivity contribution < 1.29 is 28.2 Å². The van der Waals surface area contributed by atoms with Gasteiger partial charge in [-0.2, -0.15) is 0 Å². The zero-order valence-electron chi connectivity index (χ0n) is 23.1. The van der Waals surface area contributed by atoms with Crippen LogP contribution in [-0.4, -0.2) is 48.7 Å². The van der Waals surface area contributed by atoms with Crippen molar-refractivity contribution in [3.05, 3.63) is 88.5 Å². The lowest BCUT2D eigenvalue weighted by molar-refractivity contribution is 0.0962. The van der Waals surface area contributed by atoms with E-state index in [9.17, 15) is 14.3 Å². The molecule has 3 aromatic rings. The number of nitrogens with one attached hydrogen (secondary N) is 1. The van der Waals surface area contributed by atoms with Gasteiger partial charge in [0, 0.05) is 30.8 Å². The van der Waals surface area contributed by atoms with E-state index in [2.05, 4.69) is 24.1 Å². The lowest BCUT2D eigenvalue weighted by atomic mass is 9.84. The fourth-order valence-electron chi connectivity index (χ4n) is 5.59. The van der Waals surface area contributed by atoms with Gasteiger partial charge >= 0.3 is 0 Å². The van der Waals surface area contributed by atoms with Crippen LogP contribution in [0.1, 0.15) is 60.3 Å². The highest BCUT2D eigenvalue weighted by atomic mass is 19.1. The van der Waals surface area contributed by atoms with Gasteiger partial charge in [0.1, 0.15) is 30.0 Å². The van der Waals surface area contributed by atoms with E-state index in [0.29, 0.717) is 41.0 Å². The molecule has 3 aromatic carbocycles. The number of amides is 1. The van der Waals surface area contributed by atoms with Gasteiger partial charge < -0.3 is 19.9 Å². The Hall–Kier alpha value is -3.91. The monoisotopic (exact) mass is 548 g/mol. The first-order valence-corrected chi connectivity index (χ1v) is 13.6.